The Balaban J connectivity index is 1.88. The molecule has 0 aromatic heterocycles. The zero-order chi connectivity index (χ0) is 10.5. The molecule has 1 aliphatic rings. The van der Waals surface area contributed by atoms with E-state index in [-0.39, 0.29) is 0 Å². The first-order valence-corrected chi connectivity index (χ1v) is 5.88. The highest BCUT2D eigenvalue weighted by atomic mass is 15.0. The molecule has 0 saturated carbocycles. The molecular weight excluding hydrogens is 184 g/mol. The van der Waals surface area contributed by atoms with Crippen molar-refractivity contribution in [2.45, 2.75) is 31.8 Å². The minimum Gasteiger partial charge on any atom is -0.317 e. The number of hydrogen-bond donors (Lipinski definition) is 2. The average molecular weight is 204 g/mol. The van der Waals surface area contributed by atoms with Crippen molar-refractivity contribution in [3.8, 4) is 0 Å². The van der Waals surface area contributed by atoms with Crippen LogP contribution in [0.3, 0.4) is 0 Å². The monoisotopic (exact) mass is 204 g/mol. The lowest BCUT2D eigenvalue weighted by Crippen LogP contribution is -2.40. The van der Waals surface area contributed by atoms with E-state index in [9.17, 15) is 0 Å². The first-order chi connectivity index (χ1) is 7.36. The number of nitrogens with one attached hydrogen (secondary N) is 2. The van der Waals surface area contributed by atoms with E-state index in [1.165, 1.54) is 18.4 Å². The molecule has 0 unspecified atom stereocenters. The molecule has 82 valence electrons. The normalized spacial score (nSPS) is 20.1. The predicted molar refractivity (Wildman–Crippen MR) is 63.9 cm³/mol. The van der Waals surface area contributed by atoms with Crippen LogP contribution in [0.1, 0.15) is 31.4 Å². The van der Waals surface area contributed by atoms with E-state index in [2.05, 4.69) is 47.9 Å². The molecule has 2 N–H and O–H groups in total. The van der Waals surface area contributed by atoms with Crippen molar-refractivity contribution < 1.29 is 0 Å². The Morgan fingerprint density at radius 1 is 1.20 bits per heavy atom. The van der Waals surface area contributed by atoms with Crippen LogP contribution in [-0.4, -0.2) is 19.1 Å². The molecule has 0 amide bonds. The maximum atomic E-state index is 3.70. The van der Waals surface area contributed by atoms with Crippen LogP contribution in [0, 0.1) is 0 Å². The highest BCUT2D eigenvalue weighted by molar-refractivity contribution is 5.18. The lowest BCUT2D eigenvalue weighted by Gasteiger charge is -2.27. The van der Waals surface area contributed by atoms with E-state index in [0.717, 1.165) is 13.1 Å². The molecule has 1 fully saturated rings. The quantitative estimate of drug-likeness (QED) is 0.788. The smallest absolute Gasteiger partial charge is 0.0294 e. The Morgan fingerprint density at radius 3 is 2.53 bits per heavy atom. The van der Waals surface area contributed by atoms with Gasteiger partial charge in [-0.1, -0.05) is 30.3 Å². The van der Waals surface area contributed by atoms with E-state index in [0.29, 0.717) is 12.1 Å². The lowest BCUT2D eigenvalue weighted by molar-refractivity contribution is 0.359. The highest BCUT2D eigenvalue weighted by Crippen LogP contribution is 2.14. The van der Waals surface area contributed by atoms with E-state index in [4.69, 9.17) is 0 Å². The van der Waals surface area contributed by atoms with Gasteiger partial charge in [0.05, 0.1) is 0 Å². The minimum absolute atomic E-state index is 0.467. The summed E-state index contributed by atoms with van der Waals surface area (Å²) in [5.74, 6) is 0. The molecule has 2 nitrogen and oxygen atoms in total. The molecule has 0 spiro atoms. The van der Waals surface area contributed by atoms with Crippen LogP contribution in [0.5, 0.6) is 0 Å². The van der Waals surface area contributed by atoms with Gasteiger partial charge in [-0.2, -0.15) is 0 Å². The zero-order valence-electron chi connectivity index (χ0n) is 9.37. The van der Waals surface area contributed by atoms with E-state index in [1.807, 2.05) is 0 Å². The summed E-state index contributed by atoms with van der Waals surface area (Å²) < 4.78 is 0. The molecule has 0 radical (unpaired) electrons. The summed E-state index contributed by atoms with van der Waals surface area (Å²) in [7, 11) is 0. The topological polar surface area (TPSA) is 24.1 Å². The third-order valence-corrected chi connectivity index (χ3v) is 3.12. The fourth-order valence-corrected chi connectivity index (χ4v) is 2.18. The first-order valence-electron chi connectivity index (χ1n) is 5.88. The van der Waals surface area contributed by atoms with Crippen LogP contribution in [0.15, 0.2) is 30.3 Å². The van der Waals surface area contributed by atoms with Gasteiger partial charge in [-0.05, 0) is 38.4 Å². The molecule has 1 saturated heterocycles. The van der Waals surface area contributed by atoms with Crippen LogP contribution < -0.4 is 10.6 Å². The SMILES string of the molecule is C[C@H](NC1CCNCC1)c1ccccc1. The average Bonchev–Trinajstić information content (AvgIpc) is 2.31. The second kappa shape index (κ2) is 5.29. The maximum absolute atomic E-state index is 3.70. The highest BCUT2D eigenvalue weighted by Gasteiger charge is 2.15. The molecule has 1 atom stereocenters. The van der Waals surface area contributed by atoms with Gasteiger partial charge in [0, 0.05) is 12.1 Å². The third kappa shape index (κ3) is 3.05. The Labute approximate surface area is 92.1 Å². The van der Waals surface area contributed by atoms with Crippen molar-refractivity contribution in [2.75, 3.05) is 13.1 Å². The molecule has 0 bridgehead atoms. The Bertz CT molecular complexity index is 278. The largest absolute Gasteiger partial charge is 0.317 e. The van der Waals surface area contributed by atoms with E-state index in [1.54, 1.807) is 0 Å². The molecule has 1 heterocycles. The van der Waals surface area contributed by atoms with Crippen molar-refractivity contribution in [3.05, 3.63) is 35.9 Å². The third-order valence-electron chi connectivity index (χ3n) is 3.12. The fourth-order valence-electron chi connectivity index (χ4n) is 2.18. The lowest BCUT2D eigenvalue weighted by atomic mass is 10.0. The van der Waals surface area contributed by atoms with Gasteiger partial charge in [0.1, 0.15) is 0 Å². The Hall–Kier alpha value is -0.860. The number of piperidine rings is 1. The van der Waals surface area contributed by atoms with Gasteiger partial charge >= 0.3 is 0 Å². The summed E-state index contributed by atoms with van der Waals surface area (Å²) in [4.78, 5) is 0. The Kier molecular flexibility index (Phi) is 3.75. The summed E-state index contributed by atoms with van der Waals surface area (Å²) in [6, 6.07) is 11.8. The van der Waals surface area contributed by atoms with Crippen LogP contribution >= 0.6 is 0 Å². The number of hydrogen-bond acceptors (Lipinski definition) is 2. The second-order valence-corrected chi connectivity index (χ2v) is 4.32. The molecule has 15 heavy (non-hydrogen) atoms. The van der Waals surface area contributed by atoms with E-state index < -0.39 is 0 Å². The van der Waals surface area contributed by atoms with Crippen molar-refractivity contribution in [1.82, 2.24) is 10.6 Å². The van der Waals surface area contributed by atoms with Crippen molar-refractivity contribution in [3.63, 3.8) is 0 Å². The van der Waals surface area contributed by atoms with Gasteiger partial charge in [-0.3, -0.25) is 0 Å². The first kappa shape index (κ1) is 10.7. The maximum Gasteiger partial charge on any atom is 0.0294 e. The summed E-state index contributed by atoms with van der Waals surface area (Å²) in [6.07, 6.45) is 2.49. The standard InChI is InChI=1S/C13H20N2/c1-11(12-5-3-2-4-6-12)15-13-7-9-14-10-8-13/h2-6,11,13-15H,7-10H2,1H3/t11-/m0/s1. The molecule has 1 aromatic rings. The zero-order valence-corrected chi connectivity index (χ0v) is 9.37. The molecule has 0 aliphatic carbocycles. The van der Waals surface area contributed by atoms with Gasteiger partial charge in [0.25, 0.3) is 0 Å². The van der Waals surface area contributed by atoms with Crippen LogP contribution in [0.25, 0.3) is 0 Å². The van der Waals surface area contributed by atoms with Crippen LogP contribution in [0.2, 0.25) is 0 Å². The van der Waals surface area contributed by atoms with Gasteiger partial charge in [0.15, 0.2) is 0 Å². The fraction of sp³-hybridized carbons (Fsp3) is 0.538. The molecule has 1 aromatic carbocycles. The predicted octanol–water partition coefficient (Wildman–Crippen LogP) is 2.09. The van der Waals surface area contributed by atoms with Crippen LogP contribution in [0.4, 0.5) is 0 Å². The van der Waals surface area contributed by atoms with Gasteiger partial charge < -0.3 is 10.6 Å². The summed E-state index contributed by atoms with van der Waals surface area (Å²) in [6.45, 7) is 4.55. The van der Waals surface area contributed by atoms with Crippen molar-refractivity contribution in [2.24, 2.45) is 0 Å². The van der Waals surface area contributed by atoms with Crippen molar-refractivity contribution in [1.29, 1.82) is 0 Å². The van der Waals surface area contributed by atoms with Gasteiger partial charge in [-0.25, -0.2) is 0 Å². The summed E-state index contributed by atoms with van der Waals surface area (Å²) in [5.41, 5.74) is 1.39. The van der Waals surface area contributed by atoms with Gasteiger partial charge in [0.2, 0.25) is 0 Å². The molecule has 1 aliphatic heterocycles. The Morgan fingerprint density at radius 2 is 1.87 bits per heavy atom. The number of rotatable bonds is 3. The van der Waals surface area contributed by atoms with Crippen molar-refractivity contribution >= 4 is 0 Å². The summed E-state index contributed by atoms with van der Waals surface area (Å²) in [5, 5.41) is 7.08. The molecule has 2 heteroatoms. The summed E-state index contributed by atoms with van der Waals surface area (Å²) >= 11 is 0. The van der Waals surface area contributed by atoms with Gasteiger partial charge in [-0.15, -0.1) is 0 Å². The second-order valence-electron chi connectivity index (χ2n) is 4.32. The van der Waals surface area contributed by atoms with Crippen LogP contribution in [-0.2, 0) is 0 Å². The van der Waals surface area contributed by atoms with E-state index >= 15 is 0 Å². The minimum atomic E-state index is 0.467. The number of benzene rings is 1. The molecular formula is C13H20N2. The molecule has 2 rings (SSSR count).